The molecule has 1 aliphatic rings. The van der Waals surface area contributed by atoms with Crippen molar-refractivity contribution in [1.82, 2.24) is 15.2 Å². The van der Waals surface area contributed by atoms with Gasteiger partial charge in [-0.15, -0.1) is 5.10 Å². The van der Waals surface area contributed by atoms with Crippen LogP contribution < -0.4 is 5.73 Å². The summed E-state index contributed by atoms with van der Waals surface area (Å²) in [5.41, 5.74) is 6.81. The number of carbonyl (C=O) groups excluding carboxylic acids is 1. The van der Waals surface area contributed by atoms with Crippen LogP contribution in [0.3, 0.4) is 0 Å². The summed E-state index contributed by atoms with van der Waals surface area (Å²) in [4.78, 5) is 10.9. The fourth-order valence-electron chi connectivity index (χ4n) is 1.67. The Labute approximate surface area is 103 Å². The van der Waals surface area contributed by atoms with Gasteiger partial charge < -0.3 is 5.73 Å². The largest absolute Gasteiger partial charge is 0.350 e. The third-order valence-corrected chi connectivity index (χ3v) is 2.88. The Balaban J connectivity index is 2.16. The lowest BCUT2D eigenvalue weighted by atomic mass is 10.00. The predicted molar refractivity (Wildman–Crippen MR) is 63.8 cm³/mol. The zero-order chi connectivity index (χ0) is 12.4. The molecule has 0 bridgehead atoms. The average Bonchev–Trinajstić information content (AvgIpc) is 2.78. The van der Waals surface area contributed by atoms with Crippen LogP contribution in [0.5, 0.6) is 0 Å². The maximum Gasteiger partial charge on any atom is 0.335 e. The van der Waals surface area contributed by atoms with E-state index in [2.05, 4.69) is 15.3 Å². The summed E-state index contributed by atoms with van der Waals surface area (Å²) in [6, 6.07) is 2.95. The molecular weight excluding hydrogens is 242 g/mol. The fourth-order valence-corrected chi connectivity index (χ4v) is 1.77. The molecular formula is C10H12ClN5O. The number of hydrogen-bond acceptors (Lipinski definition) is 4. The summed E-state index contributed by atoms with van der Waals surface area (Å²) in [6.07, 6.45) is 0.703. The lowest BCUT2D eigenvalue weighted by Crippen LogP contribution is -2.29. The van der Waals surface area contributed by atoms with Crippen molar-refractivity contribution in [3.8, 4) is 0 Å². The highest BCUT2D eigenvalue weighted by molar-refractivity contribution is 6.29. The molecule has 0 fully saturated rings. The lowest BCUT2D eigenvalue weighted by Gasteiger charge is -2.09. The topological polar surface area (TPSA) is 84.5 Å². The second-order valence-corrected chi connectivity index (χ2v) is 4.19. The number of hydrazone groups is 1. The van der Waals surface area contributed by atoms with Gasteiger partial charge in [0.25, 0.3) is 0 Å². The van der Waals surface area contributed by atoms with Crippen molar-refractivity contribution in [2.24, 2.45) is 10.8 Å². The normalized spacial score (nSPS) is 16.8. The van der Waals surface area contributed by atoms with Crippen molar-refractivity contribution in [2.75, 3.05) is 6.54 Å². The summed E-state index contributed by atoms with van der Waals surface area (Å²) >= 11 is 5.67. The summed E-state index contributed by atoms with van der Waals surface area (Å²) in [5.74, 6) is 0.00381. The quantitative estimate of drug-likeness (QED) is 0.864. The molecule has 0 saturated heterocycles. The standard InChI is InChI=1S/C10H12ClN5O/c1-6(7-2-3-9(11)14-13-7)8-4-5-16(15-8)10(12)17/h2-3,6H,4-5H2,1H3,(H2,12,17)/t6-/m1/s1. The molecule has 0 unspecified atom stereocenters. The molecule has 1 atom stereocenters. The molecule has 0 spiro atoms. The molecule has 0 aliphatic carbocycles. The molecule has 1 aromatic rings. The van der Waals surface area contributed by atoms with Crippen LogP contribution in [-0.4, -0.2) is 33.5 Å². The van der Waals surface area contributed by atoms with E-state index in [0.717, 1.165) is 11.4 Å². The van der Waals surface area contributed by atoms with Crippen molar-refractivity contribution in [3.05, 3.63) is 23.0 Å². The number of urea groups is 1. The monoisotopic (exact) mass is 253 g/mol. The Hall–Kier alpha value is -1.69. The van der Waals surface area contributed by atoms with Gasteiger partial charge in [-0.2, -0.15) is 10.2 Å². The van der Waals surface area contributed by atoms with E-state index in [-0.39, 0.29) is 5.92 Å². The Kier molecular flexibility index (Phi) is 3.23. The fraction of sp³-hybridized carbons (Fsp3) is 0.400. The van der Waals surface area contributed by atoms with Gasteiger partial charge in [-0.1, -0.05) is 18.5 Å². The molecule has 7 heteroatoms. The van der Waals surface area contributed by atoms with E-state index in [9.17, 15) is 4.79 Å². The number of carbonyl (C=O) groups is 1. The van der Waals surface area contributed by atoms with Crippen molar-refractivity contribution in [3.63, 3.8) is 0 Å². The van der Waals surface area contributed by atoms with E-state index in [0.29, 0.717) is 18.1 Å². The Morgan fingerprint density at radius 2 is 2.29 bits per heavy atom. The molecule has 6 nitrogen and oxygen atoms in total. The first-order chi connectivity index (χ1) is 8.08. The number of nitrogens with zero attached hydrogens (tertiary/aromatic N) is 4. The zero-order valence-corrected chi connectivity index (χ0v) is 10.1. The van der Waals surface area contributed by atoms with Gasteiger partial charge in [-0.25, -0.2) is 9.80 Å². The van der Waals surface area contributed by atoms with E-state index in [1.165, 1.54) is 5.01 Å². The number of hydrogen-bond donors (Lipinski definition) is 1. The highest BCUT2D eigenvalue weighted by Gasteiger charge is 2.24. The SMILES string of the molecule is C[C@@H](C1=NN(C(N)=O)CC1)c1ccc(Cl)nn1. The van der Waals surface area contributed by atoms with Crippen LogP contribution in [0.15, 0.2) is 17.2 Å². The smallest absolute Gasteiger partial charge is 0.335 e. The van der Waals surface area contributed by atoms with Crippen LogP contribution in [-0.2, 0) is 0 Å². The molecule has 1 aromatic heterocycles. The zero-order valence-electron chi connectivity index (χ0n) is 9.30. The van der Waals surface area contributed by atoms with E-state index in [4.69, 9.17) is 17.3 Å². The lowest BCUT2D eigenvalue weighted by molar-refractivity contribution is 0.215. The number of aromatic nitrogens is 2. The van der Waals surface area contributed by atoms with Crippen LogP contribution in [0.25, 0.3) is 0 Å². The molecule has 2 heterocycles. The van der Waals surface area contributed by atoms with Crippen LogP contribution in [0, 0.1) is 0 Å². The predicted octanol–water partition coefficient (Wildman–Crippen LogP) is 1.37. The number of halogens is 1. The summed E-state index contributed by atoms with van der Waals surface area (Å²) in [6.45, 7) is 2.48. The minimum Gasteiger partial charge on any atom is -0.350 e. The minimum atomic E-state index is -0.533. The maximum absolute atomic E-state index is 10.9. The number of nitrogens with two attached hydrogens (primary N) is 1. The van der Waals surface area contributed by atoms with E-state index < -0.39 is 6.03 Å². The van der Waals surface area contributed by atoms with E-state index in [1.54, 1.807) is 12.1 Å². The first-order valence-electron chi connectivity index (χ1n) is 5.21. The van der Waals surface area contributed by atoms with Crippen LogP contribution in [0.1, 0.15) is 25.0 Å². The third kappa shape index (κ3) is 2.52. The van der Waals surface area contributed by atoms with Gasteiger partial charge in [0.15, 0.2) is 5.15 Å². The van der Waals surface area contributed by atoms with Gasteiger partial charge in [0.2, 0.25) is 0 Å². The summed E-state index contributed by atoms with van der Waals surface area (Å²) in [7, 11) is 0. The molecule has 90 valence electrons. The summed E-state index contributed by atoms with van der Waals surface area (Å²) < 4.78 is 0. The minimum absolute atomic E-state index is 0.00381. The molecule has 2 rings (SSSR count). The van der Waals surface area contributed by atoms with Crippen molar-refractivity contribution >= 4 is 23.3 Å². The Morgan fingerprint density at radius 3 is 2.82 bits per heavy atom. The molecule has 17 heavy (non-hydrogen) atoms. The van der Waals surface area contributed by atoms with Crippen molar-refractivity contribution < 1.29 is 4.79 Å². The highest BCUT2D eigenvalue weighted by atomic mass is 35.5. The average molecular weight is 254 g/mol. The van der Waals surface area contributed by atoms with Gasteiger partial charge in [0, 0.05) is 18.1 Å². The van der Waals surface area contributed by atoms with Crippen LogP contribution in [0.2, 0.25) is 5.15 Å². The van der Waals surface area contributed by atoms with Crippen LogP contribution in [0.4, 0.5) is 4.79 Å². The second-order valence-electron chi connectivity index (χ2n) is 3.81. The third-order valence-electron chi connectivity index (χ3n) is 2.68. The molecule has 1 aliphatic heterocycles. The first kappa shape index (κ1) is 11.8. The van der Waals surface area contributed by atoms with Crippen molar-refractivity contribution in [1.29, 1.82) is 0 Å². The number of primary amides is 1. The number of amides is 2. The molecule has 2 N–H and O–H groups in total. The van der Waals surface area contributed by atoms with Gasteiger partial charge in [0.1, 0.15) is 0 Å². The van der Waals surface area contributed by atoms with Gasteiger partial charge in [0.05, 0.1) is 12.2 Å². The van der Waals surface area contributed by atoms with Gasteiger partial charge >= 0.3 is 6.03 Å². The molecule has 0 aromatic carbocycles. The van der Waals surface area contributed by atoms with Gasteiger partial charge in [-0.05, 0) is 12.1 Å². The second kappa shape index (κ2) is 4.67. The van der Waals surface area contributed by atoms with Crippen LogP contribution >= 0.6 is 11.6 Å². The number of rotatable bonds is 2. The maximum atomic E-state index is 10.9. The van der Waals surface area contributed by atoms with E-state index >= 15 is 0 Å². The highest BCUT2D eigenvalue weighted by Crippen LogP contribution is 2.21. The van der Waals surface area contributed by atoms with Gasteiger partial charge in [-0.3, -0.25) is 0 Å². The molecule has 0 radical (unpaired) electrons. The Morgan fingerprint density at radius 1 is 1.53 bits per heavy atom. The van der Waals surface area contributed by atoms with E-state index in [1.807, 2.05) is 6.92 Å². The molecule has 2 amide bonds. The van der Waals surface area contributed by atoms with Crippen molar-refractivity contribution in [2.45, 2.75) is 19.3 Å². The Bertz CT molecular complexity index is 458. The summed E-state index contributed by atoms with van der Waals surface area (Å²) in [5, 5.41) is 13.6. The first-order valence-corrected chi connectivity index (χ1v) is 5.59. The molecule has 0 saturated carbocycles.